The van der Waals surface area contributed by atoms with Gasteiger partial charge in [-0.3, -0.25) is 5.10 Å². The zero-order valence-electron chi connectivity index (χ0n) is 23.5. The molecule has 6 nitrogen and oxygen atoms in total. The van der Waals surface area contributed by atoms with E-state index in [4.69, 9.17) is 16.3 Å². The standard InChI is InChI=1S/C32H36N4O2S/c1-19-17-20(2)27(21(3)18-19)38-31(37)25-26(33-7)30(39-24-11-9-8-10-12-24)36-29(25)34-28(35-36)22-13-15-23(16-14-22)32(4,5)6/h8-16,19-21,27H,17-18H2,1-6H3,(H,34,35). The van der Waals surface area contributed by atoms with E-state index in [-0.39, 0.29) is 34.6 Å². The van der Waals surface area contributed by atoms with Crippen molar-refractivity contribution in [2.45, 2.75) is 75.8 Å². The molecule has 0 aliphatic heterocycles. The first kappa shape index (κ1) is 27.1. The van der Waals surface area contributed by atoms with E-state index in [1.807, 2.05) is 42.5 Å². The van der Waals surface area contributed by atoms with E-state index < -0.39 is 5.97 Å². The highest BCUT2D eigenvalue weighted by Gasteiger charge is 2.36. The molecule has 1 aliphatic rings. The van der Waals surface area contributed by atoms with Gasteiger partial charge in [0, 0.05) is 10.5 Å². The number of esters is 1. The van der Waals surface area contributed by atoms with Crippen LogP contribution in [0.25, 0.3) is 21.9 Å². The molecule has 39 heavy (non-hydrogen) atoms. The van der Waals surface area contributed by atoms with Crippen molar-refractivity contribution in [3.8, 4) is 11.4 Å². The number of ether oxygens (including phenoxy) is 1. The number of hydrogen-bond donors (Lipinski definition) is 1. The van der Waals surface area contributed by atoms with E-state index in [1.54, 1.807) is 4.52 Å². The zero-order valence-corrected chi connectivity index (χ0v) is 24.3. The number of nitrogens with zero attached hydrogens (tertiary/aromatic N) is 3. The van der Waals surface area contributed by atoms with Gasteiger partial charge in [-0.1, -0.05) is 95.8 Å². The normalized spacial score (nSPS) is 21.6. The zero-order chi connectivity index (χ0) is 27.9. The summed E-state index contributed by atoms with van der Waals surface area (Å²) in [6.07, 6.45) is 1.86. The molecular weight excluding hydrogens is 504 g/mol. The molecule has 1 fully saturated rings. The first-order valence-electron chi connectivity index (χ1n) is 13.6. The Balaban J connectivity index is 1.60. The van der Waals surface area contributed by atoms with Crippen LogP contribution in [0.1, 0.15) is 70.3 Å². The Bertz CT molecular complexity index is 1510. The first-order valence-corrected chi connectivity index (χ1v) is 14.4. The average Bonchev–Trinajstić information content (AvgIpc) is 3.44. The maximum atomic E-state index is 13.8. The van der Waals surface area contributed by atoms with Crippen LogP contribution >= 0.6 is 11.8 Å². The van der Waals surface area contributed by atoms with Gasteiger partial charge in [0.05, 0.1) is 6.57 Å². The molecule has 0 radical (unpaired) electrons. The molecule has 0 spiro atoms. The molecular formula is C32H36N4O2S. The van der Waals surface area contributed by atoms with Gasteiger partial charge in [0.15, 0.2) is 11.5 Å². The molecule has 2 atom stereocenters. The SMILES string of the molecule is [C-]#[N+]c1c(C(=O)OC2C(C)CC(C)CC2C)c2nc(-c3ccc(C(C)(C)C)cc3)[nH]n2c1Sc1ccccc1. The van der Waals surface area contributed by atoms with Gasteiger partial charge in [-0.2, -0.15) is 0 Å². The molecule has 2 aromatic heterocycles. The molecule has 7 heteroatoms. The molecule has 1 aliphatic carbocycles. The van der Waals surface area contributed by atoms with Crippen molar-refractivity contribution in [2.24, 2.45) is 17.8 Å². The van der Waals surface area contributed by atoms with Crippen LogP contribution in [0.4, 0.5) is 5.69 Å². The maximum Gasteiger partial charge on any atom is 0.331 e. The van der Waals surface area contributed by atoms with Gasteiger partial charge in [-0.15, -0.1) is 0 Å². The third-order valence-corrected chi connectivity index (χ3v) is 8.80. The molecule has 2 heterocycles. The highest BCUT2D eigenvalue weighted by molar-refractivity contribution is 7.99. The summed E-state index contributed by atoms with van der Waals surface area (Å²) < 4.78 is 7.94. The van der Waals surface area contributed by atoms with Crippen LogP contribution in [0, 0.1) is 24.3 Å². The van der Waals surface area contributed by atoms with Crippen molar-refractivity contribution < 1.29 is 9.53 Å². The lowest BCUT2D eigenvalue weighted by Crippen LogP contribution is -2.37. The third kappa shape index (κ3) is 5.35. The minimum Gasteiger partial charge on any atom is -0.459 e. The smallest absolute Gasteiger partial charge is 0.331 e. The van der Waals surface area contributed by atoms with Gasteiger partial charge >= 0.3 is 5.97 Å². The monoisotopic (exact) mass is 540 g/mol. The Kier molecular flexibility index (Phi) is 7.35. The molecule has 0 amide bonds. The predicted octanol–water partition coefficient (Wildman–Crippen LogP) is 8.56. The first-order chi connectivity index (χ1) is 18.6. The van der Waals surface area contributed by atoms with E-state index in [0.29, 0.717) is 22.4 Å². The number of carbonyl (C=O) groups is 1. The number of hydrogen-bond acceptors (Lipinski definition) is 4. The van der Waals surface area contributed by atoms with Gasteiger partial charge in [0.25, 0.3) is 0 Å². The highest BCUT2D eigenvalue weighted by atomic mass is 32.2. The number of nitrogens with one attached hydrogen (secondary N) is 1. The van der Waals surface area contributed by atoms with Crippen molar-refractivity contribution in [3.63, 3.8) is 0 Å². The van der Waals surface area contributed by atoms with Crippen molar-refractivity contribution in [2.75, 3.05) is 0 Å². The molecule has 202 valence electrons. The van der Waals surface area contributed by atoms with Gasteiger partial charge in [-0.25, -0.2) is 19.1 Å². The van der Waals surface area contributed by atoms with Gasteiger partial charge in [0.2, 0.25) is 5.69 Å². The summed E-state index contributed by atoms with van der Waals surface area (Å²) in [5, 5.41) is 4.00. The Morgan fingerprint density at radius 1 is 1.05 bits per heavy atom. The van der Waals surface area contributed by atoms with Crippen LogP contribution in [0.15, 0.2) is 64.5 Å². The van der Waals surface area contributed by atoms with E-state index in [9.17, 15) is 4.79 Å². The summed E-state index contributed by atoms with van der Waals surface area (Å²) in [7, 11) is 0. The topological polar surface area (TPSA) is 63.8 Å². The van der Waals surface area contributed by atoms with Gasteiger partial charge in [0.1, 0.15) is 16.7 Å². The summed E-state index contributed by atoms with van der Waals surface area (Å²) in [4.78, 5) is 23.5. The highest BCUT2D eigenvalue weighted by Crippen LogP contribution is 2.43. The number of aromatic nitrogens is 3. The van der Waals surface area contributed by atoms with Crippen molar-refractivity contribution >= 4 is 29.1 Å². The molecule has 4 aromatic rings. The van der Waals surface area contributed by atoms with Crippen LogP contribution in [-0.4, -0.2) is 26.7 Å². The van der Waals surface area contributed by atoms with E-state index in [1.165, 1.54) is 17.3 Å². The second kappa shape index (κ2) is 10.6. The van der Waals surface area contributed by atoms with Crippen molar-refractivity contribution in [3.05, 3.63) is 77.1 Å². The summed E-state index contributed by atoms with van der Waals surface area (Å²) >= 11 is 1.44. The minimum absolute atomic E-state index is 0.0425. The second-order valence-electron chi connectivity index (χ2n) is 12.0. The molecule has 5 rings (SSSR count). The quantitative estimate of drug-likeness (QED) is 0.203. The van der Waals surface area contributed by atoms with Crippen LogP contribution in [0.3, 0.4) is 0 Å². The lowest BCUT2D eigenvalue weighted by atomic mass is 9.75. The summed E-state index contributed by atoms with van der Waals surface area (Å²) in [5.74, 6) is 1.29. The fraction of sp³-hybridized carbons (Fsp3) is 0.406. The maximum absolute atomic E-state index is 13.8. The molecule has 1 N–H and O–H groups in total. The van der Waals surface area contributed by atoms with Crippen LogP contribution in [0.5, 0.6) is 0 Å². The Labute approximate surface area is 235 Å². The summed E-state index contributed by atoms with van der Waals surface area (Å²) in [6, 6.07) is 18.2. The van der Waals surface area contributed by atoms with Gasteiger partial charge < -0.3 is 4.74 Å². The number of carbonyl (C=O) groups excluding carboxylic acids is 1. The van der Waals surface area contributed by atoms with E-state index >= 15 is 0 Å². The lowest BCUT2D eigenvalue weighted by molar-refractivity contribution is -0.0249. The predicted molar refractivity (Wildman–Crippen MR) is 156 cm³/mol. The van der Waals surface area contributed by atoms with Crippen molar-refractivity contribution in [1.82, 2.24) is 14.6 Å². The minimum atomic E-state index is -0.474. The number of benzene rings is 2. The molecule has 2 aromatic carbocycles. The fourth-order valence-corrected chi connectivity index (χ4v) is 6.81. The molecule has 0 bridgehead atoms. The Hall–Kier alpha value is -3.50. The third-order valence-electron chi connectivity index (χ3n) is 7.72. The Morgan fingerprint density at radius 3 is 2.28 bits per heavy atom. The summed E-state index contributed by atoms with van der Waals surface area (Å²) in [5.41, 5.74) is 3.11. The van der Waals surface area contributed by atoms with Gasteiger partial charge in [-0.05, 0) is 53.7 Å². The number of aromatic amines is 1. The summed E-state index contributed by atoms with van der Waals surface area (Å²) in [6.45, 7) is 21.1. The van der Waals surface area contributed by atoms with Crippen LogP contribution < -0.4 is 0 Å². The molecule has 1 saturated carbocycles. The molecule has 2 unspecified atom stereocenters. The lowest BCUT2D eigenvalue weighted by Gasteiger charge is -2.37. The average molecular weight is 541 g/mol. The Morgan fingerprint density at radius 2 is 1.69 bits per heavy atom. The van der Waals surface area contributed by atoms with Crippen molar-refractivity contribution in [1.29, 1.82) is 0 Å². The molecule has 0 saturated heterocycles. The van der Waals surface area contributed by atoms with E-state index in [0.717, 1.165) is 23.3 Å². The number of fused-ring (bicyclic) bond motifs is 1. The number of H-pyrrole nitrogens is 1. The van der Waals surface area contributed by atoms with E-state index in [2.05, 4.69) is 63.6 Å². The fourth-order valence-electron chi connectivity index (χ4n) is 5.83. The second-order valence-corrected chi connectivity index (χ2v) is 13.1. The number of rotatable bonds is 5. The van der Waals surface area contributed by atoms with Crippen LogP contribution in [0.2, 0.25) is 0 Å². The largest absolute Gasteiger partial charge is 0.459 e. The van der Waals surface area contributed by atoms with Crippen LogP contribution in [-0.2, 0) is 10.2 Å².